The van der Waals surface area contributed by atoms with E-state index in [2.05, 4.69) is 10.4 Å². The molecule has 0 unspecified atom stereocenters. The van der Waals surface area contributed by atoms with Gasteiger partial charge < -0.3 is 5.43 Å². The minimum atomic E-state index is -1.29. The summed E-state index contributed by atoms with van der Waals surface area (Å²) >= 11 is 0. The summed E-state index contributed by atoms with van der Waals surface area (Å²) in [6, 6.07) is 10.9. The lowest BCUT2D eigenvalue weighted by Gasteiger charge is -2.11. The maximum Gasteiger partial charge on any atom is 0.170 e. The summed E-state index contributed by atoms with van der Waals surface area (Å²) in [4.78, 5) is 4.08. The van der Waals surface area contributed by atoms with Gasteiger partial charge in [0.25, 0.3) is 0 Å². The van der Waals surface area contributed by atoms with Crippen molar-refractivity contribution in [2.75, 3.05) is 5.43 Å². The third-order valence-corrected chi connectivity index (χ3v) is 3.15. The predicted molar refractivity (Wildman–Crippen MR) is 74.9 cm³/mol. The number of fused-ring (bicyclic) bond motifs is 1. The summed E-state index contributed by atoms with van der Waals surface area (Å²) in [5, 5.41) is -0.310. The highest BCUT2D eigenvalue weighted by molar-refractivity contribution is 5.94. The van der Waals surface area contributed by atoms with Gasteiger partial charge in [-0.1, -0.05) is 30.3 Å². The fourth-order valence-corrected chi connectivity index (χ4v) is 2.17. The van der Waals surface area contributed by atoms with Crippen LogP contribution in [-0.4, -0.2) is 4.98 Å². The van der Waals surface area contributed by atoms with E-state index in [4.69, 9.17) is 5.84 Å². The predicted octanol–water partition coefficient (Wildman–Crippen LogP) is 3.60. The largest absolute Gasteiger partial charge is 0.323 e. The van der Waals surface area contributed by atoms with Crippen LogP contribution < -0.4 is 11.3 Å². The van der Waals surface area contributed by atoms with Crippen LogP contribution in [0.3, 0.4) is 0 Å². The molecule has 1 aromatic heterocycles. The van der Waals surface area contributed by atoms with Gasteiger partial charge in [-0.05, 0) is 6.07 Å². The van der Waals surface area contributed by atoms with E-state index in [0.717, 1.165) is 0 Å². The molecule has 0 aliphatic rings. The number of hydrogen-bond donors (Lipinski definition) is 2. The minimum Gasteiger partial charge on any atom is -0.323 e. The van der Waals surface area contributed by atoms with Crippen LogP contribution in [0.5, 0.6) is 0 Å². The standard InChI is InChI=1S/C15H10F3N3/c16-9-6-10(17)15-13(14(9)18)12(21-19)7-11(20-15)8-4-2-1-3-5-8/h1-7H,19H2,(H,20,21). The Morgan fingerprint density at radius 2 is 1.67 bits per heavy atom. The number of pyridine rings is 1. The Morgan fingerprint density at radius 1 is 0.952 bits per heavy atom. The lowest BCUT2D eigenvalue weighted by atomic mass is 10.1. The number of hydrazine groups is 1. The molecule has 1 heterocycles. The number of nitrogen functional groups attached to an aromatic ring is 1. The lowest BCUT2D eigenvalue weighted by molar-refractivity contribution is 0.505. The van der Waals surface area contributed by atoms with Crippen LogP contribution in [0.25, 0.3) is 22.2 Å². The van der Waals surface area contributed by atoms with Crippen molar-refractivity contribution in [1.82, 2.24) is 4.98 Å². The maximum atomic E-state index is 13.9. The van der Waals surface area contributed by atoms with Crippen LogP contribution in [0.1, 0.15) is 0 Å². The van der Waals surface area contributed by atoms with Crippen molar-refractivity contribution in [3.63, 3.8) is 0 Å². The van der Waals surface area contributed by atoms with E-state index < -0.39 is 17.5 Å². The minimum absolute atomic E-state index is 0.0646. The van der Waals surface area contributed by atoms with Crippen LogP contribution in [0, 0.1) is 17.5 Å². The van der Waals surface area contributed by atoms with E-state index >= 15 is 0 Å². The molecule has 0 atom stereocenters. The number of rotatable bonds is 2. The molecule has 2 aromatic carbocycles. The fraction of sp³-hybridized carbons (Fsp3) is 0. The van der Waals surface area contributed by atoms with Gasteiger partial charge in [0.1, 0.15) is 5.52 Å². The van der Waals surface area contributed by atoms with Gasteiger partial charge >= 0.3 is 0 Å². The molecule has 0 fully saturated rings. The first-order valence-electron chi connectivity index (χ1n) is 6.12. The molecule has 0 aliphatic heterocycles. The number of benzene rings is 2. The van der Waals surface area contributed by atoms with Gasteiger partial charge in [0, 0.05) is 11.6 Å². The molecule has 0 spiro atoms. The van der Waals surface area contributed by atoms with Crippen molar-refractivity contribution < 1.29 is 13.2 Å². The first-order valence-corrected chi connectivity index (χ1v) is 6.12. The van der Waals surface area contributed by atoms with E-state index in [1.165, 1.54) is 6.07 Å². The summed E-state index contributed by atoms with van der Waals surface area (Å²) < 4.78 is 41.1. The molecular weight excluding hydrogens is 279 g/mol. The van der Waals surface area contributed by atoms with Crippen LogP contribution in [-0.2, 0) is 0 Å². The van der Waals surface area contributed by atoms with Gasteiger partial charge in [0.2, 0.25) is 0 Å². The Morgan fingerprint density at radius 3 is 2.33 bits per heavy atom. The zero-order valence-electron chi connectivity index (χ0n) is 10.7. The molecule has 3 nitrogen and oxygen atoms in total. The summed E-state index contributed by atoms with van der Waals surface area (Å²) in [7, 11) is 0. The smallest absolute Gasteiger partial charge is 0.170 e. The van der Waals surface area contributed by atoms with E-state index in [1.807, 2.05) is 6.07 Å². The second-order valence-electron chi connectivity index (χ2n) is 4.44. The maximum absolute atomic E-state index is 13.9. The molecule has 0 amide bonds. The summed E-state index contributed by atoms with van der Waals surface area (Å²) in [5.74, 6) is 1.92. The van der Waals surface area contributed by atoms with Gasteiger partial charge in [-0.2, -0.15) is 0 Å². The molecule has 21 heavy (non-hydrogen) atoms. The third kappa shape index (κ3) is 2.19. The Labute approximate surface area is 118 Å². The van der Waals surface area contributed by atoms with Gasteiger partial charge in [-0.25, -0.2) is 18.2 Å². The highest BCUT2D eigenvalue weighted by Gasteiger charge is 2.18. The van der Waals surface area contributed by atoms with E-state index in [9.17, 15) is 13.2 Å². The van der Waals surface area contributed by atoms with Crippen molar-refractivity contribution in [3.8, 4) is 11.3 Å². The molecule has 0 saturated heterocycles. The average molecular weight is 289 g/mol. The zero-order chi connectivity index (χ0) is 15.0. The molecule has 0 bridgehead atoms. The molecule has 0 saturated carbocycles. The van der Waals surface area contributed by atoms with Crippen molar-refractivity contribution in [3.05, 3.63) is 59.9 Å². The van der Waals surface area contributed by atoms with Crippen molar-refractivity contribution in [2.24, 2.45) is 5.84 Å². The number of aromatic nitrogens is 1. The average Bonchev–Trinajstić information content (AvgIpc) is 2.52. The van der Waals surface area contributed by atoms with E-state index in [1.54, 1.807) is 24.3 Å². The monoisotopic (exact) mass is 289 g/mol. The summed E-state index contributed by atoms with van der Waals surface area (Å²) in [6.45, 7) is 0. The zero-order valence-corrected chi connectivity index (χ0v) is 10.7. The number of anilines is 1. The Hall–Kier alpha value is -2.60. The molecule has 0 aliphatic carbocycles. The van der Waals surface area contributed by atoms with Crippen molar-refractivity contribution in [1.29, 1.82) is 0 Å². The first-order chi connectivity index (χ1) is 10.1. The van der Waals surface area contributed by atoms with Crippen molar-refractivity contribution >= 4 is 16.6 Å². The van der Waals surface area contributed by atoms with E-state index in [-0.39, 0.29) is 16.6 Å². The molecular formula is C15H10F3N3. The molecule has 3 N–H and O–H groups in total. The number of nitrogens with zero attached hydrogens (tertiary/aromatic N) is 1. The van der Waals surface area contributed by atoms with Gasteiger partial charge in [-0.3, -0.25) is 5.84 Å². The van der Waals surface area contributed by atoms with Crippen LogP contribution in [0.4, 0.5) is 18.9 Å². The number of halogens is 3. The van der Waals surface area contributed by atoms with Crippen molar-refractivity contribution in [2.45, 2.75) is 0 Å². The second-order valence-corrected chi connectivity index (χ2v) is 4.44. The van der Waals surface area contributed by atoms with Crippen LogP contribution in [0.15, 0.2) is 42.5 Å². The lowest BCUT2D eigenvalue weighted by Crippen LogP contribution is -2.09. The number of hydrogen-bond acceptors (Lipinski definition) is 3. The Kier molecular flexibility index (Phi) is 3.23. The number of nitrogens with one attached hydrogen (secondary N) is 1. The highest BCUT2D eigenvalue weighted by Crippen LogP contribution is 2.32. The Balaban J connectivity index is 2.38. The van der Waals surface area contributed by atoms with Gasteiger partial charge in [0.15, 0.2) is 17.5 Å². The molecule has 0 radical (unpaired) electrons. The van der Waals surface area contributed by atoms with Crippen LogP contribution >= 0.6 is 0 Å². The van der Waals surface area contributed by atoms with Crippen LogP contribution in [0.2, 0.25) is 0 Å². The molecule has 106 valence electrons. The third-order valence-electron chi connectivity index (χ3n) is 3.15. The molecule has 3 rings (SSSR count). The normalized spacial score (nSPS) is 10.9. The molecule has 3 aromatic rings. The second kappa shape index (κ2) is 5.06. The quantitative estimate of drug-likeness (QED) is 0.430. The number of nitrogens with two attached hydrogens (primary N) is 1. The summed E-state index contributed by atoms with van der Waals surface area (Å²) in [5.41, 5.74) is 3.16. The summed E-state index contributed by atoms with van der Waals surface area (Å²) in [6.07, 6.45) is 0. The first kappa shape index (κ1) is 13.4. The fourth-order valence-electron chi connectivity index (χ4n) is 2.17. The molecule has 6 heteroatoms. The highest BCUT2D eigenvalue weighted by atomic mass is 19.2. The van der Waals surface area contributed by atoms with E-state index in [0.29, 0.717) is 17.3 Å². The van der Waals surface area contributed by atoms with Gasteiger partial charge in [0.05, 0.1) is 16.8 Å². The Bertz CT molecular complexity index is 820. The SMILES string of the molecule is NNc1cc(-c2ccccc2)nc2c(F)cc(F)c(F)c12. The van der Waals surface area contributed by atoms with Gasteiger partial charge in [-0.15, -0.1) is 0 Å². The topological polar surface area (TPSA) is 50.9 Å².